The van der Waals surface area contributed by atoms with Gasteiger partial charge >= 0.3 is 0 Å². The molecule has 3 heterocycles. The third-order valence-corrected chi connectivity index (χ3v) is 4.34. The molecule has 0 bridgehead atoms. The van der Waals surface area contributed by atoms with Gasteiger partial charge < -0.3 is 5.32 Å². The van der Waals surface area contributed by atoms with Gasteiger partial charge in [0.05, 0.1) is 17.9 Å². The first-order valence-corrected chi connectivity index (χ1v) is 8.91. The highest BCUT2D eigenvalue weighted by atomic mass is 19.1. The van der Waals surface area contributed by atoms with E-state index >= 15 is 0 Å². The van der Waals surface area contributed by atoms with Crippen LogP contribution >= 0.6 is 0 Å². The van der Waals surface area contributed by atoms with Crippen molar-refractivity contribution in [1.82, 2.24) is 29.4 Å². The molecule has 0 radical (unpaired) electrons. The van der Waals surface area contributed by atoms with Crippen LogP contribution in [0.5, 0.6) is 0 Å². The number of aryl methyl sites for hydroxylation is 1. The Labute approximate surface area is 155 Å². The van der Waals surface area contributed by atoms with E-state index in [-0.39, 0.29) is 11.9 Å². The van der Waals surface area contributed by atoms with Crippen LogP contribution in [-0.4, -0.2) is 29.4 Å². The zero-order chi connectivity index (χ0) is 18.8. The highest BCUT2D eigenvalue weighted by molar-refractivity contribution is 5.67. The van der Waals surface area contributed by atoms with Gasteiger partial charge in [-0.05, 0) is 25.5 Å². The number of rotatable bonds is 6. The lowest BCUT2D eigenvalue weighted by Gasteiger charge is -2.17. The molecule has 0 unspecified atom stereocenters. The zero-order valence-corrected chi connectivity index (χ0v) is 15.2. The topological polar surface area (TPSA) is 72.9 Å². The van der Waals surface area contributed by atoms with Crippen LogP contribution in [0.1, 0.15) is 32.1 Å². The van der Waals surface area contributed by atoms with Gasteiger partial charge in [0.25, 0.3) is 0 Å². The van der Waals surface area contributed by atoms with Crippen molar-refractivity contribution in [3.8, 4) is 11.3 Å². The van der Waals surface area contributed by atoms with Crippen molar-refractivity contribution >= 4 is 11.5 Å². The van der Waals surface area contributed by atoms with Crippen LogP contribution in [0.15, 0.2) is 48.9 Å². The van der Waals surface area contributed by atoms with Gasteiger partial charge in [-0.2, -0.15) is 14.7 Å². The summed E-state index contributed by atoms with van der Waals surface area (Å²) in [5, 5.41) is 12.0. The lowest BCUT2D eigenvalue weighted by atomic mass is 10.1. The first-order valence-electron chi connectivity index (χ1n) is 8.91. The molecule has 0 fully saturated rings. The highest BCUT2D eigenvalue weighted by Gasteiger charge is 2.16. The standard InChI is InChI=1S/C19H20FN7/c1-3-10-26-19(21-12-23-26)13(2)24-18-11-16(14-6-4-5-7-15(14)20)25-17-8-9-22-27(17)18/h4-9,11-13,24H,3,10H2,1-2H3/t13-/m0/s1. The molecular formula is C19H20FN7. The van der Waals surface area contributed by atoms with Gasteiger partial charge in [-0.1, -0.05) is 19.1 Å². The van der Waals surface area contributed by atoms with E-state index in [9.17, 15) is 4.39 Å². The Morgan fingerprint density at radius 1 is 1.19 bits per heavy atom. The van der Waals surface area contributed by atoms with Crippen LogP contribution in [0.2, 0.25) is 0 Å². The average molecular weight is 365 g/mol. The van der Waals surface area contributed by atoms with Crippen LogP contribution < -0.4 is 5.32 Å². The van der Waals surface area contributed by atoms with E-state index < -0.39 is 0 Å². The fourth-order valence-corrected chi connectivity index (χ4v) is 3.10. The van der Waals surface area contributed by atoms with E-state index in [1.165, 1.54) is 6.07 Å². The van der Waals surface area contributed by atoms with E-state index in [0.29, 0.717) is 22.7 Å². The van der Waals surface area contributed by atoms with E-state index in [1.54, 1.807) is 47.4 Å². The Kier molecular flexibility index (Phi) is 4.53. The average Bonchev–Trinajstić information content (AvgIpc) is 3.31. The van der Waals surface area contributed by atoms with Crippen LogP contribution in [0.3, 0.4) is 0 Å². The summed E-state index contributed by atoms with van der Waals surface area (Å²) in [6.07, 6.45) is 4.20. The molecule has 3 aromatic heterocycles. The molecule has 0 amide bonds. The van der Waals surface area contributed by atoms with Crippen LogP contribution in [0, 0.1) is 5.82 Å². The highest BCUT2D eigenvalue weighted by Crippen LogP contribution is 2.26. The van der Waals surface area contributed by atoms with Crippen molar-refractivity contribution in [3.63, 3.8) is 0 Å². The molecular weight excluding hydrogens is 345 g/mol. The first kappa shape index (κ1) is 17.1. The summed E-state index contributed by atoms with van der Waals surface area (Å²) >= 11 is 0. The molecule has 1 aromatic carbocycles. The zero-order valence-electron chi connectivity index (χ0n) is 15.2. The second-order valence-electron chi connectivity index (χ2n) is 6.32. The van der Waals surface area contributed by atoms with Crippen molar-refractivity contribution in [1.29, 1.82) is 0 Å². The number of nitrogens with zero attached hydrogens (tertiary/aromatic N) is 6. The summed E-state index contributed by atoms with van der Waals surface area (Å²) in [6.45, 7) is 4.91. The second kappa shape index (κ2) is 7.14. The molecule has 0 aliphatic rings. The number of aromatic nitrogens is 6. The molecule has 1 N–H and O–H groups in total. The van der Waals surface area contributed by atoms with Gasteiger partial charge in [-0.3, -0.25) is 0 Å². The number of halogens is 1. The van der Waals surface area contributed by atoms with Gasteiger partial charge in [0.15, 0.2) is 5.65 Å². The summed E-state index contributed by atoms with van der Waals surface area (Å²) in [7, 11) is 0. The molecule has 0 saturated heterocycles. The molecule has 4 rings (SSSR count). The Morgan fingerprint density at radius 3 is 2.85 bits per heavy atom. The number of hydrogen-bond donors (Lipinski definition) is 1. The van der Waals surface area contributed by atoms with Crippen molar-refractivity contribution < 1.29 is 4.39 Å². The second-order valence-corrected chi connectivity index (χ2v) is 6.32. The maximum absolute atomic E-state index is 14.3. The number of nitrogens with one attached hydrogen (secondary N) is 1. The summed E-state index contributed by atoms with van der Waals surface area (Å²) in [5.41, 5.74) is 1.64. The quantitative estimate of drug-likeness (QED) is 0.564. The van der Waals surface area contributed by atoms with E-state index in [0.717, 1.165) is 18.8 Å². The fraction of sp³-hybridized carbons (Fsp3) is 0.263. The summed E-state index contributed by atoms with van der Waals surface area (Å²) in [6, 6.07) is 10.1. The number of fused-ring (bicyclic) bond motifs is 1. The minimum Gasteiger partial charge on any atom is -0.360 e. The molecule has 7 nitrogen and oxygen atoms in total. The molecule has 1 atom stereocenters. The maximum atomic E-state index is 14.3. The van der Waals surface area contributed by atoms with E-state index in [1.807, 2.05) is 11.6 Å². The van der Waals surface area contributed by atoms with Gasteiger partial charge in [0.2, 0.25) is 0 Å². The lowest BCUT2D eigenvalue weighted by Crippen LogP contribution is -2.17. The summed E-state index contributed by atoms with van der Waals surface area (Å²) in [5.74, 6) is 1.23. The third-order valence-electron chi connectivity index (χ3n) is 4.34. The van der Waals surface area contributed by atoms with Crippen LogP contribution in [0.25, 0.3) is 16.9 Å². The Bertz CT molecular complexity index is 1070. The van der Waals surface area contributed by atoms with Gasteiger partial charge in [0.1, 0.15) is 23.8 Å². The lowest BCUT2D eigenvalue weighted by molar-refractivity contribution is 0.553. The molecule has 27 heavy (non-hydrogen) atoms. The molecule has 0 aliphatic heterocycles. The Morgan fingerprint density at radius 2 is 2.04 bits per heavy atom. The maximum Gasteiger partial charge on any atom is 0.157 e. The SMILES string of the molecule is CCCn1ncnc1[C@H](C)Nc1cc(-c2ccccc2F)nc2ccnn12. The number of anilines is 1. The van der Waals surface area contributed by atoms with Crippen molar-refractivity contribution in [2.75, 3.05) is 5.32 Å². The smallest absolute Gasteiger partial charge is 0.157 e. The number of hydrogen-bond acceptors (Lipinski definition) is 5. The largest absolute Gasteiger partial charge is 0.360 e. The predicted molar refractivity (Wildman–Crippen MR) is 101 cm³/mol. The normalized spacial score (nSPS) is 12.4. The molecule has 4 aromatic rings. The van der Waals surface area contributed by atoms with E-state index in [2.05, 4.69) is 32.4 Å². The van der Waals surface area contributed by atoms with Crippen molar-refractivity contribution in [2.24, 2.45) is 0 Å². The van der Waals surface area contributed by atoms with Gasteiger partial charge in [0, 0.05) is 24.2 Å². The van der Waals surface area contributed by atoms with Crippen LogP contribution in [0.4, 0.5) is 10.2 Å². The minimum absolute atomic E-state index is 0.109. The van der Waals surface area contributed by atoms with Gasteiger partial charge in [-0.25, -0.2) is 19.0 Å². The number of benzene rings is 1. The fourth-order valence-electron chi connectivity index (χ4n) is 3.10. The van der Waals surface area contributed by atoms with Crippen LogP contribution in [-0.2, 0) is 6.54 Å². The summed E-state index contributed by atoms with van der Waals surface area (Å²) < 4.78 is 17.8. The molecule has 8 heteroatoms. The molecule has 0 saturated carbocycles. The van der Waals surface area contributed by atoms with Gasteiger partial charge in [-0.15, -0.1) is 0 Å². The van der Waals surface area contributed by atoms with Crippen molar-refractivity contribution in [3.05, 3.63) is 60.6 Å². The minimum atomic E-state index is -0.310. The molecule has 138 valence electrons. The Balaban J connectivity index is 1.74. The predicted octanol–water partition coefficient (Wildman–Crippen LogP) is 3.71. The first-order chi connectivity index (χ1) is 13.2. The third kappa shape index (κ3) is 3.25. The van der Waals surface area contributed by atoms with E-state index in [4.69, 9.17) is 0 Å². The molecule has 0 aliphatic carbocycles. The summed E-state index contributed by atoms with van der Waals surface area (Å²) in [4.78, 5) is 8.91. The van der Waals surface area contributed by atoms with Crippen molar-refractivity contribution in [2.45, 2.75) is 32.9 Å². The monoisotopic (exact) mass is 365 g/mol. The Hall–Kier alpha value is -3.29. The molecule has 0 spiro atoms.